The molecular formula is C20H15ClF2N2O4S. The smallest absolute Gasteiger partial charge is 0.310 e. The molecule has 10 heteroatoms. The Hall–Kier alpha value is -2.78. The van der Waals surface area contributed by atoms with Crippen LogP contribution in [0.3, 0.4) is 0 Å². The third-order valence-corrected chi connectivity index (χ3v) is 5.65. The molecular weight excluding hydrogens is 438 g/mol. The van der Waals surface area contributed by atoms with Crippen LogP contribution < -0.4 is 9.64 Å². The molecule has 30 heavy (non-hydrogen) atoms. The van der Waals surface area contributed by atoms with Crippen LogP contribution in [0, 0.1) is 11.6 Å². The number of aromatic nitrogens is 1. The lowest BCUT2D eigenvalue weighted by molar-refractivity contribution is -0.147. The first-order chi connectivity index (χ1) is 14.4. The largest absolute Gasteiger partial charge is 0.478 e. The van der Waals surface area contributed by atoms with Gasteiger partial charge in [0.1, 0.15) is 22.1 Å². The van der Waals surface area contributed by atoms with E-state index in [-0.39, 0.29) is 25.1 Å². The van der Waals surface area contributed by atoms with E-state index in [0.717, 1.165) is 17.4 Å². The molecule has 4 rings (SSSR count). The molecule has 0 radical (unpaired) electrons. The normalized spacial score (nSPS) is 15.8. The number of hydrogen-bond acceptors (Lipinski definition) is 6. The van der Waals surface area contributed by atoms with Crippen molar-refractivity contribution in [2.75, 3.05) is 11.5 Å². The van der Waals surface area contributed by atoms with Gasteiger partial charge in [0.05, 0.1) is 30.0 Å². The molecule has 3 aromatic rings. The predicted molar refractivity (Wildman–Crippen MR) is 108 cm³/mol. The lowest BCUT2D eigenvalue weighted by atomic mass is 10.1. The highest BCUT2D eigenvalue weighted by Gasteiger charge is 2.37. The van der Waals surface area contributed by atoms with Gasteiger partial charge in [0.15, 0.2) is 11.9 Å². The van der Waals surface area contributed by atoms with Crippen LogP contribution in [-0.2, 0) is 20.9 Å². The molecule has 0 N–H and O–H groups in total. The Bertz CT molecular complexity index is 1150. The number of ether oxygens (including phenoxy) is 2. The minimum atomic E-state index is -1.08. The van der Waals surface area contributed by atoms with Gasteiger partial charge in [-0.05, 0) is 31.2 Å². The van der Waals surface area contributed by atoms with Crippen molar-refractivity contribution in [1.82, 2.24) is 4.98 Å². The number of rotatable bonds is 5. The average Bonchev–Trinajstić information content (AvgIpc) is 3.08. The number of nitrogens with zero attached hydrogens (tertiary/aromatic N) is 2. The number of halogens is 3. The van der Waals surface area contributed by atoms with E-state index in [0.29, 0.717) is 26.2 Å². The first-order valence-corrected chi connectivity index (χ1v) is 10.2. The van der Waals surface area contributed by atoms with E-state index in [1.54, 1.807) is 25.1 Å². The van der Waals surface area contributed by atoms with Gasteiger partial charge in [-0.1, -0.05) is 11.6 Å². The summed E-state index contributed by atoms with van der Waals surface area (Å²) >= 11 is 7.16. The number of carbonyl (C=O) groups excluding carboxylic acids is 2. The summed E-state index contributed by atoms with van der Waals surface area (Å²) < 4.78 is 38.5. The van der Waals surface area contributed by atoms with Crippen molar-refractivity contribution < 1.29 is 27.8 Å². The zero-order valence-corrected chi connectivity index (χ0v) is 17.2. The molecule has 0 saturated carbocycles. The van der Waals surface area contributed by atoms with Crippen molar-refractivity contribution in [2.45, 2.75) is 26.0 Å². The van der Waals surface area contributed by atoms with Crippen LogP contribution in [0.5, 0.6) is 5.75 Å². The second-order valence-corrected chi connectivity index (χ2v) is 8.05. The zero-order chi connectivity index (χ0) is 21.4. The number of esters is 1. The number of benzene rings is 2. The Balaban J connectivity index is 1.69. The van der Waals surface area contributed by atoms with Gasteiger partial charge in [-0.15, -0.1) is 11.3 Å². The van der Waals surface area contributed by atoms with Crippen molar-refractivity contribution in [3.63, 3.8) is 0 Å². The number of thiazole rings is 1. The first-order valence-electron chi connectivity index (χ1n) is 9.03. The summed E-state index contributed by atoms with van der Waals surface area (Å²) in [5, 5.41) is 0.780. The van der Waals surface area contributed by atoms with Crippen molar-refractivity contribution >= 4 is 50.7 Å². The topological polar surface area (TPSA) is 68.7 Å². The van der Waals surface area contributed by atoms with Crippen LogP contribution in [0.1, 0.15) is 18.4 Å². The maximum Gasteiger partial charge on any atom is 0.310 e. The number of anilines is 1. The number of amides is 1. The molecule has 2 aromatic carbocycles. The van der Waals surface area contributed by atoms with Gasteiger partial charge in [0.25, 0.3) is 5.91 Å². The molecule has 1 aromatic heterocycles. The molecule has 0 saturated heterocycles. The number of fused-ring (bicyclic) bond motifs is 2. The summed E-state index contributed by atoms with van der Waals surface area (Å²) in [6, 6.07) is 6.71. The maximum absolute atomic E-state index is 14.0. The lowest BCUT2D eigenvalue weighted by Gasteiger charge is -2.33. The van der Waals surface area contributed by atoms with E-state index >= 15 is 0 Å². The Labute approximate surface area is 179 Å². The van der Waals surface area contributed by atoms with Crippen LogP contribution in [-0.4, -0.2) is 29.6 Å². The summed E-state index contributed by atoms with van der Waals surface area (Å²) in [5.41, 5.74) is 0.435. The average molecular weight is 453 g/mol. The van der Waals surface area contributed by atoms with E-state index in [2.05, 4.69) is 4.98 Å². The van der Waals surface area contributed by atoms with Crippen molar-refractivity contribution in [1.29, 1.82) is 0 Å². The monoisotopic (exact) mass is 452 g/mol. The molecule has 2 heterocycles. The zero-order valence-electron chi connectivity index (χ0n) is 15.7. The van der Waals surface area contributed by atoms with E-state index in [4.69, 9.17) is 21.1 Å². The third kappa shape index (κ3) is 3.95. The van der Waals surface area contributed by atoms with Crippen LogP contribution in [0.4, 0.5) is 14.5 Å². The number of hydrogen-bond donors (Lipinski definition) is 0. The van der Waals surface area contributed by atoms with Crippen LogP contribution in [0.25, 0.3) is 10.2 Å². The van der Waals surface area contributed by atoms with Crippen LogP contribution in [0.2, 0.25) is 5.02 Å². The Morgan fingerprint density at radius 1 is 1.33 bits per heavy atom. The highest BCUT2D eigenvalue weighted by molar-refractivity contribution is 7.18. The molecule has 0 aliphatic carbocycles. The minimum Gasteiger partial charge on any atom is -0.478 e. The van der Waals surface area contributed by atoms with Gasteiger partial charge in [-0.3, -0.25) is 14.5 Å². The van der Waals surface area contributed by atoms with Crippen molar-refractivity contribution in [3.8, 4) is 5.75 Å². The summed E-state index contributed by atoms with van der Waals surface area (Å²) in [5.74, 6) is -2.16. The van der Waals surface area contributed by atoms with Gasteiger partial charge in [0.2, 0.25) is 0 Å². The van der Waals surface area contributed by atoms with Gasteiger partial charge >= 0.3 is 5.97 Å². The highest BCUT2D eigenvalue weighted by atomic mass is 35.5. The van der Waals surface area contributed by atoms with E-state index in [9.17, 15) is 18.4 Å². The van der Waals surface area contributed by atoms with E-state index in [1.165, 1.54) is 11.0 Å². The standard InChI is InChI=1S/C20H15ClF2N2O4S/c1-2-28-18(26)8-15-20(27)25(13-5-10(21)3-4-14(13)29-15)9-17-24-19-12(23)6-11(22)7-16(19)30-17/h3-7,15H,2,8-9H2,1H3. The molecule has 1 atom stereocenters. The van der Waals surface area contributed by atoms with Gasteiger partial charge in [-0.2, -0.15) is 0 Å². The quantitative estimate of drug-likeness (QED) is 0.534. The SMILES string of the molecule is CCOC(=O)CC1Oc2ccc(Cl)cc2N(Cc2nc3c(F)cc(F)cc3s2)C1=O. The lowest BCUT2D eigenvalue weighted by Crippen LogP contribution is -2.46. The summed E-state index contributed by atoms with van der Waals surface area (Å²) in [7, 11) is 0. The molecule has 1 aliphatic heterocycles. The second-order valence-electron chi connectivity index (χ2n) is 6.49. The maximum atomic E-state index is 14.0. The Morgan fingerprint density at radius 2 is 2.13 bits per heavy atom. The van der Waals surface area contributed by atoms with Gasteiger partial charge in [0, 0.05) is 11.1 Å². The Morgan fingerprint density at radius 3 is 2.90 bits per heavy atom. The number of carbonyl (C=O) groups is 2. The van der Waals surface area contributed by atoms with E-state index in [1.807, 2.05) is 0 Å². The van der Waals surface area contributed by atoms with Crippen molar-refractivity contribution in [3.05, 3.63) is 52.0 Å². The Kier molecular flexibility index (Phi) is 5.57. The van der Waals surface area contributed by atoms with Crippen molar-refractivity contribution in [2.24, 2.45) is 0 Å². The fourth-order valence-electron chi connectivity index (χ4n) is 3.17. The molecule has 156 valence electrons. The predicted octanol–water partition coefficient (Wildman–Crippen LogP) is 4.48. The van der Waals surface area contributed by atoms with E-state index < -0.39 is 29.6 Å². The molecule has 6 nitrogen and oxygen atoms in total. The first kappa shape index (κ1) is 20.5. The van der Waals surface area contributed by atoms with Gasteiger partial charge < -0.3 is 9.47 Å². The minimum absolute atomic E-state index is 0.0186. The fraction of sp³-hybridized carbons (Fsp3) is 0.250. The molecule has 1 unspecified atom stereocenters. The van der Waals surface area contributed by atoms with Gasteiger partial charge in [-0.25, -0.2) is 13.8 Å². The molecule has 1 aliphatic rings. The van der Waals surface area contributed by atoms with Crippen LogP contribution in [0.15, 0.2) is 30.3 Å². The summed E-state index contributed by atoms with van der Waals surface area (Å²) in [6.07, 6.45) is -1.34. The fourth-order valence-corrected chi connectivity index (χ4v) is 4.33. The summed E-state index contributed by atoms with van der Waals surface area (Å²) in [4.78, 5) is 30.6. The third-order valence-electron chi connectivity index (χ3n) is 4.43. The summed E-state index contributed by atoms with van der Waals surface area (Å²) in [6.45, 7) is 1.83. The molecule has 0 fully saturated rings. The second kappa shape index (κ2) is 8.16. The molecule has 0 bridgehead atoms. The molecule has 1 amide bonds. The highest BCUT2D eigenvalue weighted by Crippen LogP contribution is 2.38. The van der Waals surface area contributed by atoms with Crippen LogP contribution >= 0.6 is 22.9 Å². The molecule has 0 spiro atoms.